The monoisotopic (exact) mass is 251 g/mol. The van der Waals surface area contributed by atoms with E-state index in [4.69, 9.17) is 5.41 Å². The maximum Gasteiger partial charge on any atom is 0.135 e. The average molecular weight is 251 g/mol. The number of aromatic nitrogens is 1. The fourth-order valence-electron chi connectivity index (χ4n) is 1.89. The van der Waals surface area contributed by atoms with Gasteiger partial charge in [0.05, 0.1) is 12.1 Å². The summed E-state index contributed by atoms with van der Waals surface area (Å²) in [5.74, 6) is 0.663. The summed E-state index contributed by atoms with van der Waals surface area (Å²) in [6.45, 7) is 6.50. The number of hydrogen-bond acceptors (Lipinski definition) is 4. The van der Waals surface area contributed by atoms with Gasteiger partial charge >= 0.3 is 0 Å². The van der Waals surface area contributed by atoms with E-state index in [2.05, 4.69) is 18.8 Å². The Morgan fingerprint density at radius 2 is 2.35 bits per heavy atom. The molecule has 0 saturated heterocycles. The number of aryl methyl sites for hydroxylation is 1. The van der Waals surface area contributed by atoms with Gasteiger partial charge in [-0.05, 0) is 20.3 Å². The summed E-state index contributed by atoms with van der Waals surface area (Å²) in [4.78, 5) is 6.26. The van der Waals surface area contributed by atoms with Crippen molar-refractivity contribution in [3.63, 3.8) is 0 Å². The fourth-order valence-corrected chi connectivity index (χ4v) is 2.75. The quantitative estimate of drug-likeness (QED) is 0.868. The third kappa shape index (κ3) is 2.07. The van der Waals surface area contributed by atoms with Gasteiger partial charge in [-0.1, -0.05) is 6.92 Å². The maximum absolute atomic E-state index is 10.0. The highest BCUT2D eigenvalue weighted by Gasteiger charge is 2.32. The smallest absolute Gasteiger partial charge is 0.135 e. The van der Waals surface area contributed by atoms with E-state index in [1.807, 2.05) is 17.2 Å². The topological polar surface area (TPSA) is 60.2 Å². The molecule has 0 spiro atoms. The van der Waals surface area contributed by atoms with Crippen LogP contribution >= 0.6 is 11.3 Å². The second-order valence-corrected chi connectivity index (χ2v) is 5.21. The molecular formula is C12H17N3OS. The lowest BCUT2D eigenvalue weighted by Gasteiger charge is -2.25. The number of nitrogens with one attached hydrogen (secondary N) is 1. The molecule has 0 fully saturated rings. The Morgan fingerprint density at radius 1 is 1.65 bits per heavy atom. The van der Waals surface area contributed by atoms with Crippen molar-refractivity contribution in [2.75, 3.05) is 6.54 Å². The summed E-state index contributed by atoms with van der Waals surface area (Å²) in [6.07, 6.45) is 0.958. The van der Waals surface area contributed by atoms with E-state index in [1.54, 1.807) is 0 Å². The minimum absolute atomic E-state index is 0.267. The molecule has 2 rings (SSSR count). The second kappa shape index (κ2) is 4.49. The first-order chi connectivity index (χ1) is 8.04. The summed E-state index contributed by atoms with van der Waals surface area (Å²) in [5.41, 5.74) is 1.53. The number of aliphatic hydroxyl groups is 1. The van der Waals surface area contributed by atoms with E-state index < -0.39 is 0 Å². The molecule has 2 heterocycles. The summed E-state index contributed by atoms with van der Waals surface area (Å²) >= 11 is 1.48. The molecule has 1 atom stereocenters. The van der Waals surface area contributed by atoms with E-state index in [-0.39, 0.29) is 11.8 Å². The third-order valence-corrected chi connectivity index (χ3v) is 4.07. The molecule has 0 aromatic carbocycles. The van der Waals surface area contributed by atoms with Crippen LogP contribution < -0.4 is 0 Å². The van der Waals surface area contributed by atoms with Gasteiger partial charge < -0.3 is 10.0 Å². The van der Waals surface area contributed by atoms with Crippen molar-refractivity contribution in [3.05, 3.63) is 21.8 Å². The Balaban J connectivity index is 2.30. The summed E-state index contributed by atoms with van der Waals surface area (Å²) in [6, 6.07) is 0.267. The first-order valence-electron chi connectivity index (χ1n) is 5.74. The van der Waals surface area contributed by atoms with Crippen LogP contribution in [-0.4, -0.2) is 33.4 Å². The summed E-state index contributed by atoms with van der Waals surface area (Å²) in [7, 11) is 0. The highest BCUT2D eigenvalue weighted by Crippen LogP contribution is 2.30. The highest BCUT2D eigenvalue weighted by molar-refractivity contribution is 7.11. The summed E-state index contributed by atoms with van der Waals surface area (Å²) in [5, 5.41) is 20.8. The van der Waals surface area contributed by atoms with Crippen molar-refractivity contribution in [1.29, 1.82) is 5.41 Å². The molecule has 5 heteroatoms. The minimum Gasteiger partial charge on any atom is -0.510 e. The number of hydrogen-bond donors (Lipinski definition) is 2. The van der Waals surface area contributed by atoms with Gasteiger partial charge in [0.2, 0.25) is 0 Å². The van der Waals surface area contributed by atoms with Crippen LogP contribution in [0.2, 0.25) is 0 Å². The zero-order chi connectivity index (χ0) is 12.6. The van der Waals surface area contributed by atoms with Crippen LogP contribution in [0.3, 0.4) is 0 Å². The van der Waals surface area contributed by atoms with Gasteiger partial charge in [0.15, 0.2) is 0 Å². The van der Waals surface area contributed by atoms with Crippen LogP contribution in [0.4, 0.5) is 0 Å². The molecule has 2 N–H and O–H groups in total. The van der Waals surface area contributed by atoms with Crippen molar-refractivity contribution in [2.45, 2.75) is 33.2 Å². The van der Waals surface area contributed by atoms with Crippen LogP contribution in [0.5, 0.6) is 0 Å². The number of nitrogens with zero attached hydrogens (tertiary/aromatic N) is 2. The lowest BCUT2D eigenvalue weighted by molar-refractivity contribution is 0.301. The van der Waals surface area contributed by atoms with Crippen LogP contribution in [0.25, 0.3) is 5.57 Å². The highest BCUT2D eigenvalue weighted by atomic mass is 32.1. The molecule has 1 aliphatic heterocycles. The molecule has 1 aromatic rings. The molecule has 0 amide bonds. The van der Waals surface area contributed by atoms with Gasteiger partial charge in [0.1, 0.15) is 16.6 Å². The molecule has 1 unspecified atom stereocenters. The Labute approximate surface area is 105 Å². The zero-order valence-electron chi connectivity index (χ0n) is 10.3. The molecule has 17 heavy (non-hydrogen) atoms. The Kier molecular flexibility index (Phi) is 3.19. The first kappa shape index (κ1) is 12.1. The van der Waals surface area contributed by atoms with E-state index >= 15 is 0 Å². The normalized spacial score (nSPS) is 18.1. The summed E-state index contributed by atoms with van der Waals surface area (Å²) < 4.78 is 0. The minimum atomic E-state index is 0.267. The second-order valence-electron chi connectivity index (χ2n) is 4.35. The SMILES string of the molecule is CCC(C)N1CC(O)=C(c2nc(C)cs2)C1=N. The fraction of sp³-hybridized carbons (Fsp3) is 0.500. The van der Waals surface area contributed by atoms with Crippen molar-refractivity contribution in [1.82, 2.24) is 9.88 Å². The molecule has 1 aliphatic rings. The molecule has 0 radical (unpaired) electrons. The zero-order valence-corrected chi connectivity index (χ0v) is 11.1. The Hall–Kier alpha value is -1.36. The average Bonchev–Trinajstić information content (AvgIpc) is 2.82. The first-order valence-corrected chi connectivity index (χ1v) is 6.62. The van der Waals surface area contributed by atoms with Gasteiger partial charge in [0.25, 0.3) is 0 Å². The van der Waals surface area contributed by atoms with Crippen LogP contribution in [0.1, 0.15) is 31.0 Å². The Bertz CT molecular complexity index is 478. The van der Waals surface area contributed by atoms with Gasteiger partial charge in [0, 0.05) is 17.1 Å². The lowest BCUT2D eigenvalue weighted by atomic mass is 10.2. The number of thiazole rings is 1. The van der Waals surface area contributed by atoms with Crippen molar-refractivity contribution < 1.29 is 5.11 Å². The molecule has 0 aliphatic carbocycles. The van der Waals surface area contributed by atoms with E-state index in [0.29, 0.717) is 18.0 Å². The molecule has 0 saturated carbocycles. The lowest BCUT2D eigenvalue weighted by Crippen LogP contribution is -2.34. The largest absolute Gasteiger partial charge is 0.510 e. The standard InChI is InChI=1S/C12H17N3OS/c1-4-8(3)15-5-9(16)10(11(15)13)12-14-7(2)6-17-12/h6,8,13,16H,4-5H2,1-3H3. The van der Waals surface area contributed by atoms with Gasteiger partial charge in [-0.15, -0.1) is 11.3 Å². The van der Waals surface area contributed by atoms with Gasteiger partial charge in [-0.25, -0.2) is 4.98 Å². The van der Waals surface area contributed by atoms with Crippen LogP contribution in [0, 0.1) is 12.3 Å². The van der Waals surface area contributed by atoms with Crippen molar-refractivity contribution in [3.8, 4) is 0 Å². The van der Waals surface area contributed by atoms with E-state index in [0.717, 1.165) is 17.1 Å². The van der Waals surface area contributed by atoms with Crippen LogP contribution in [-0.2, 0) is 0 Å². The maximum atomic E-state index is 10.0. The molecule has 4 nitrogen and oxygen atoms in total. The molecular weight excluding hydrogens is 234 g/mol. The van der Waals surface area contributed by atoms with E-state index in [1.165, 1.54) is 11.3 Å². The molecule has 0 bridgehead atoms. The number of amidine groups is 1. The van der Waals surface area contributed by atoms with Crippen LogP contribution in [0.15, 0.2) is 11.1 Å². The van der Waals surface area contributed by atoms with Crippen molar-refractivity contribution in [2.24, 2.45) is 0 Å². The predicted molar refractivity (Wildman–Crippen MR) is 70.6 cm³/mol. The van der Waals surface area contributed by atoms with Gasteiger partial charge in [-0.2, -0.15) is 0 Å². The number of aliphatic hydroxyl groups excluding tert-OH is 1. The molecule has 92 valence electrons. The molecule has 1 aromatic heterocycles. The Morgan fingerprint density at radius 3 is 2.88 bits per heavy atom. The number of rotatable bonds is 3. The van der Waals surface area contributed by atoms with E-state index in [9.17, 15) is 5.11 Å². The van der Waals surface area contributed by atoms with Crippen molar-refractivity contribution >= 4 is 22.7 Å². The van der Waals surface area contributed by atoms with Gasteiger partial charge in [-0.3, -0.25) is 5.41 Å². The third-order valence-electron chi connectivity index (χ3n) is 3.09. The predicted octanol–water partition coefficient (Wildman–Crippen LogP) is 2.81.